The number of esters is 1. The summed E-state index contributed by atoms with van der Waals surface area (Å²) in [4.78, 5) is 15.4. The normalized spacial score (nSPS) is 24.7. The van der Waals surface area contributed by atoms with Crippen LogP contribution in [0, 0.1) is 0 Å². The maximum Gasteiger partial charge on any atom is 0.306 e. The van der Waals surface area contributed by atoms with E-state index >= 15 is 0 Å². The average Bonchev–Trinajstić information content (AvgIpc) is 3.61. The molecule has 3 heterocycles. The van der Waals surface area contributed by atoms with E-state index in [4.69, 9.17) is 14.2 Å². The third kappa shape index (κ3) is 7.64. The van der Waals surface area contributed by atoms with E-state index in [0.29, 0.717) is 6.42 Å². The Kier molecular flexibility index (Phi) is 11.1. The minimum Gasteiger partial charge on any atom is -0.459 e. The Balaban J connectivity index is 1.04. The van der Waals surface area contributed by atoms with Gasteiger partial charge in [0.25, 0.3) is 0 Å². The van der Waals surface area contributed by atoms with E-state index < -0.39 is 12.2 Å². The van der Waals surface area contributed by atoms with E-state index in [1.54, 1.807) is 0 Å². The molecule has 6 nitrogen and oxygen atoms in total. The van der Waals surface area contributed by atoms with Crippen LogP contribution in [-0.4, -0.2) is 47.6 Å². The standard InChI is InChI=1S/C36H47NO5/c1-2-3-4-5-6-7-8-9-10-11-12-13-14-15-16-17-18-19-33(39)42-36-30(38)22-27-20-21-37-25-28-23-31-32(41-26-40-31)24-29(28)34(36)35(27)37/h6-7,9-10,12-13,15-16,22-24,30,34-36,38H,2-5,8,11,14,17-21,25-26H2,1H3/b7-6-,10-9-,13-12-,16-15-/t30-,34-,35+,36+/m0/s1. The summed E-state index contributed by atoms with van der Waals surface area (Å²) in [6.07, 6.45) is 29.0. The van der Waals surface area contributed by atoms with Crippen LogP contribution in [0.25, 0.3) is 0 Å². The van der Waals surface area contributed by atoms with Gasteiger partial charge in [-0.3, -0.25) is 9.69 Å². The number of ether oxygens (including phenoxy) is 3. The van der Waals surface area contributed by atoms with Crippen molar-refractivity contribution in [2.75, 3.05) is 13.3 Å². The predicted molar refractivity (Wildman–Crippen MR) is 166 cm³/mol. The zero-order valence-corrected chi connectivity index (χ0v) is 25.1. The van der Waals surface area contributed by atoms with Gasteiger partial charge in [-0.15, -0.1) is 0 Å². The van der Waals surface area contributed by atoms with Gasteiger partial charge in [0.2, 0.25) is 6.79 Å². The lowest BCUT2D eigenvalue weighted by atomic mass is 9.73. The van der Waals surface area contributed by atoms with E-state index in [2.05, 4.69) is 66.5 Å². The number of rotatable bonds is 15. The molecule has 1 saturated heterocycles. The van der Waals surface area contributed by atoms with Gasteiger partial charge in [0.05, 0.1) is 0 Å². The summed E-state index contributed by atoms with van der Waals surface area (Å²) in [5.41, 5.74) is 3.52. The molecule has 6 heteroatoms. The Morgan fingerprint density at radius 3 is 2.33 bits per heavy atom. The lowest BCUT2D eigenvalue weighted by Gasteiger charge is -2.45. The summed E-state index contributed by atoms with van der Waals surface area (Å²) in [7, 11) is 0. The summed E-state index contributed by atoms with van der Waals surface area (Å²) in [5.74, 6) is 1.14. The molecule has 1 fully saturated rings. The van der Waals surface area contributed by atoms with Gasteiger partial charge >= 0.3 is 5.97 Å². The van der Waals surface area contributed by atoms with Gasteiger partial charge in [0.1, 0.15) is 12.2 Å². The van der Waals surface area contributed by atoms with Crippen molar-refractivity contribution in [2.45, 2.75) is 108 Å². The molecule has 0 bridgehead atoms. The van der Waals surface area contributed by atoms with Crippen molar-refractivity contribution < 1.29 is 24.1 Å². The first-order valence-corrected chi connectivity index (χ1v) is 16.0. The number of aliphatic hydroxyl groups is 1. The minimum atomic E-state index is -0.810. The number of aliphatic hydroxyl groups excluding tert-OH is 1. The molecule has 4 aliphatic rings. The van der Waals surface area contributed by atoms with Gasteiger partial charge < -0.3 is 19.3 Å². The topological polar surface area (TPSA) is 68.2 Å². The lowest BCUT2D eigenvalue weighted by Crippen LogP contribution is -2.51. The predicted octanol–water partition coefficient (Wildman–Crippen LogP) is 7.45. The number of allylic oxidation sites excluding steroid dienone is 8. The smallest absolute Gasteiger partial charge is 0.306 e. The summed E-state index contributed by atoms with van der Waals surface area (Å²) in [6, 6.07) is 4.25. The Morgan fingerprint density at radius 2 is 1.62 bits per heavy atom. The largest absolute Gasteiger partial charge is 0.459 e. The van der Waals surface area contributed by atoms with Crippen LogP contribution in [0.4, 0.5) is 0 Å². The Labute approximate surface area is 251 Å². The van der Waals surface area contributed by atoms with Crippen LogP contribution >= 0.6 is 0 Å². The van der Waals surface area contributed by atoms with Gasteiger partial charge in [-0.05, 0) is 74.6 Å². The van der Waals surface area contributed by atoms with Crippen molar-refractivity contribution >= 4 is 5.97 Å². The zero-order chi connectivity index (χ0) is 29.1. The highest BCUT2D eigenvalue weighted by Crippen LogP contribution is 2.50. The van der Waals surface area contributed by atoms with Gasteiger partial charge in [0.15, 0.2) is 11.5 Å². The molecule has 1 N–H and O–H groups in total. The van der Waals surface area contributed by atoms with Gasteiger partial charge in [0, 0.05) is 31.5 Å². The Bertz CT molecular complexity index is 1210. The number of carbonyl (C=O) groups excluding carboxylic acids is 1. The first kappa shape index (κ1) is 30.4. The van der Waals surface area contributed by atoms with Crippen molar-refractivity contribution in [1.82, 2.24) is 4.90 Å². The second-order valence-corrected chi connectivity index (χ2v) is 11.8. The van der Waals surface area contributed by atoms with Crippen LogP contribution in [0.3, 0.4) is 0 Å². The molecule has 4 atom stereocenters. The van der Waals surface area contributed by atoms with Gasteiger partial charge in [-0.2, -0.15) is 0 Å². The molecule has 0 amide bonds. The van der Waals surface area contributed by atoms with E-state index in [9.17, 15) is 9.90 Å². The van der Waals surface area contributed by atoms with E-state index in [1.807, 2.05) is 12.1 Å². The number of hydrogen-bond donors (Lipinski definition) is 1. The third-order valence-electron chi connectivity index (χ3n) is 8.72. The summed E-state index contributed by atoms with van der Waals surface area (Å²) < 4.78 is 17.3. The highest BCUT2D eigenvalue weighted by atomic mass is 16.7. The molecule has 0 radical (unpaired) electrons. The fraction of sp³-hybridized carbons (Fsp3) is 0.528. The number of fused-ring (bicyclic) bond motifs is 3. The maximum absolute atomic E-state index is 12.9. The van der Waals surface area contributed by atoms with E-state index in [1.165, 1.54) is 31.3 Å². The first-order valence-electron chi connectivity index (χ1n) is 16.0. The van der Waals surface area contributed by atoms with Crippen LogP contribution in [0.1, 0.15) is 94.6 Å². The summed E-state index contributed by atoms with van der Waals surface area (Å²) in [5, 5.41) is 11.1. The van der Waals surface area contributed by atoms with Crippen LogP contribution in [0.15, 0.2) is 72.4 Å². The Morgan fingerprint density at radius 1 is 0.952 bits per heavy atom. The second kappa shape index (κ2) is 15.4. The molecule has 5 rings (SSSR count). The van der Waals surface area contributed by atoms with Crippen molar-refractivity contribution in [2.24, 2.45) is 0 Å². The maximum atomic E-state index is 12.9. The molecule has 0 spiro atoms. The molecular formula is C36H47NO5. The van der Waals surface area contributed by atoms with Crippen LogP contribution < -0.4 is 9.47 Å². The van der Waals surface area contributed by atoms with Gasteiger partial charge in [-0.25, -0.2) is 0 Å². The lowest BCUT2D eigenvalue weighted by molar-refractivity contribution is -0.157. The van der Waals surface area contributed by atoms with Gasteiger partial charge in [-0.1, -0.05) is 80.0 Å². The fourth-order valence-electron chi connectivity index (χ4n) is 6.61. The number of benzene rings is 1. The average molecular weight is 574 g/mol. The SMILES string of the molecule is CCCCC/C=C\C/C=C\C/C=C\C/C=C\CCCC(=O)O[C@H]1[C@H]2c3cc4c(cc3CN3CCC(=C[C@@H]1O)[C@H]23)OCO4. The highest BCUT2D eigenvalue weighted by molar-refractivity contribution is 5.70. The summed E-state index contributed by atoms with van der Waals surface area (Å²) in [6.45, 7) is 4.24. The molecular weight excluding hydrogens is 526 g/mol. The second-order valence-electron chi connectivity index (χ2n) is 11.8. The van der Waals surface area contributed by atoms with E-state index in [0.717, 1.165) is 74.2 Å². The minimum absolute atomic E-state index is 0.113. The number of carbonyl (C=O) groups is 1. The van der Waals surface area contributed by atoms with Crippen molar-refractivity contribution in [3.63, 3.8) is 0 Å². The van der Waals surface area contributed by atoms with Crippen LogP contribution in [0.2, 0.25) is 0 Å². The van der Waals surface area contributed by atoms with Crippen molar-refractivity contribution in [1.29, 1.82) is 0 Å². The molecule has 1 aromatic rings. The molecule has 42 heavy (non-hydrogen) atoms. The molecule has 0 saturated carbocycles. The van der Waals surface area contributed by atoms with Crippen molar-refractivity contribution in [3.05, 3.63) is 83.5 Å². The van der Waals surface area contributed by atoms with Crippen molar-refractivity contribution in [3.8, 4) is 11.5 Å². The van der Waals surface area contributed by atoms with Crippen LogP contribution in [0.5, 0.6) is 11.5 Å². The Hall–Kier alpha value is -3.09. The molecule has 226 valence electrons. The van der Waals surface area contributed by atoms with E-state index in [-0.39, 0.29) is 24.7 Å². The third-order valence-corrected chi connectivity index (χ3v) is 8.72. The summed E-state index contributed by atoms with van der Waals surface area (Å²) >= 11 is 0. The van der Waals surface area contributed by atoms with Crippen LogP contribution in [-0.2, 0) is 16.1 Å². The molecule has 0 unspecified atom stereocenters. The number of nitrogens with zero attached hydrogens (tertiary/aromatic N) is 1. The molecule has 1 aliphatic carbocycles. The molecule has 3 aliphatic heterocycles. The molecule has 0 aromatic heterocycles. The molecule has 1 aromatic carbocycles. The quantitative estimate of drug-likeness (QED) is 0.134. The number of unbranched alkanes of at least 4 members (excludes halogenated alkanes) is 4. The highest BCUT2D eigenvalue weighted by Gasteiger charge is 2.50. The fourth-order valence-corrected chi connectivity index (χ4v) is 6.61. The monoisotopic (exact) mass is 573 g/mol. The first-order chi connectivity index (χ1) is 20.7. The zero-order valence-electron chi connectivity index (χ0n) is 25.1. The number of hydrogen-bond acceptors (Lipinski definition) is 6.